The van der Waals surface area contributed by atoms with Crippen molar-refractivity contribution < 1.29 is 9.53 Å². The summed E-state index contributed by atoms with van der Waals surface area (Å²) in [6.45, 7) is 2.63. The highest BCUT2D eigenvalue weighted by Crippen LogP contribution is 2.08. The van der Waals surface area contributed by atoms with Gasteiger partial charge < -0.3 is 15.4 Å². The number of rotatable bonds is 4. The van der Waals surface area contributed by atoms with Crippen LogP contribution in [0.25, 0.3) is 0 Å². The van der Waals surface area contributed by atoms with Crippen LogP contribution in [0.2, 0.25) is 0 Å². The van der Waals surface area contributed by atoms with Crippen LogP contribution in [0.3, 0.4) is 0 Å². The number of esters is 1. The van der Waals surface area contributed by atoms with Crippen molar-refractivity contribution in [2.24, 2.45) is 0 Å². The first-order chi connectivity index (χ1) is 8.79. The predicted molar refractivity (Wildman–Crippen MR) is 67.4 cm³/mol. The van der Waals surface area contributed by atoms with E-state index in [-0.39, 0.29) is 5.69 Å². The highest BCUT2D eigenvalue weighted by molar-refractivity contribution is 5.87. The van der Waals surface area contributed by atoms with Gasteiger partial charge in [-0.3, -0.25) is 4.98 Å². The lowest BCUT2D eigenvalue weighted by Crippen LogP contribution is -2.23. The fourth-order valence-corrected chi connectivity index (χ4v) is 1.69. The number of nitrogens with one attached hydrogen (secondary N) is 2. The van der Waals surface area contributed by atoms with E-state index in [1.807, 2.05) is 0 Å². The summed E-state index contributed by atoms with van der Waals surface area (Å²) < 4.78 is 4.60. The van der Waals surface area contributed by atoms with Gasteiger partial charge in [0, 0.05) is 13.1 Å². The summed E-state index contributed by atoms with van der Waals surface area (Å²) >= 11 is 0. The Balaban J connectivity index is 1.96. The summed E-state index contributed by atoms with van der Waals surface area (Å²) in [7, 11) is 1.32. The monoisotopic (exact) mass is 248 g/mol. The molecule has 1 aliphatic heterocycles. The Morgan fingerprint density at radius 2 is 2.44 bits per heavy atom. The number of hydrogen-bond donors (Lipinski definition) is 2. The number of carbonyl (C=O) groups excluding carboxylic acids is 1. The second-order valence-corrected chi connectivity index (χ2v) is 3.95. The fraction of sp³-hybridized carbons (Fsp3) is 0.417. The Morgan fingerprint density at radius 3 is 3.17 bits per heavy atom. The summed E-state index contributed by atoms with van der Waals surface area (Å²) in [5.41, 5.74) is 1.54. The third-order valence-electron chi connectivity index (χ3n) is 2.68. The number of methoxy groups -OCH3 is 1. The van der Waals surface area contributed by atoms with Crippen molar-refractivity contribution >= 4 is 11.8 Å². The van der Waals surface area contributed by atoms with Crippen molar-refractivity contribution in [2.45, 2.75) is 6.42 Å². The van der Waals surface area contributed by atoms with Gasteiger partial charge >= 0.3 is 5.97 Å². The summed E-state index contributed by atoms with van der Waals surface area (Å²) in [5.74, 6) is 0.101. The van der Waals surface area contributed by atoms with Crippen LogP contribution in [-0.2, 0) is 4.74 Å². The second-order valence-electron chi connectivity index (χ2n) is 3.95. The molecule has 96 valence electrons. The maximum Gasteiger partial charge on any atom is 0.358 e. The van der Waals surface area contributed by atoms with Crippen molar-refractivity contribution in [3.8, 4) is 0 Å². The molecule has 0 bridgehead atoms. The van der Waals surface area contributed by atoms with Crippen LogP contribution in [0.1, 0.15) is 16.9 Å². The minimum absolute atomic E-state index is 0.210. The molecule has 0 radical (unpaired) electrons. The van der Waals surface area contributed by atoms with Gasteiger partial charge in [-0.25, -0.2) is 9.78 Å². The Hall–Kier alpha value is -1.95. The molecular weight excluding hydrogens is 232 g/mol. The molecule has 1 aliphatic rings. The van der Waals surface area contributed by atoms with E-state index in [9.17, 15) is 4.79 Å². The second kappa shape index (κ2) is 6.11. The summed E-state index contributed by atoms with van der Waals surface area (Å²) in [6, 6.07) is 0. The lowest BCUT2D eigenvalue weighted by molar-refractivity contribution is 0.0593. The van der Waals surface area contributed by atoms with Crippen LogP contribution in [-0.4, -0.2) is 42.7 Å². The quantitative estimate of drug-likeness (QED) is 0.600. The number of ether oxygens (including phenoxy) is 1. The van der Waals surface area contributed by atoms with Crippen LogP contribution in [0.5, 0.6) is 0 Å². The summed E-state index contributed by atoms with van der Waals surface area (Å²) in [4.78, 5) is 19.4. The number of carbonyl (C=O) groups is 1. The van der Waals surface area contributed by atoms with Crippen LogP contribution >= 0.6 is 0 Å². The van der Waals surface area contributed by atoms with Crippen LogP contribution < -0.4 is 10.6 Å². The molecule has 0 fully saturated rings. The van der Waals surface area contributed by atoms with E-state index in [1.54, 1.807) is 6.20 Å². The first-order valence-electron chi connectivity index (χ1n) is 5.82. The Morgan fingerprint density at radius 1 is 1.56 bits per heavy atom. The van der Waals surface area contributed by atoms with Crippen molar-refractivity contribution in [3.05, 3.63) is 29.7 Å². The first-order valence-corrected chi connectivity index (χ1v) is 5.82. The Labute approximate surface area is 105 Å². The molecule has 2 rings (SSSR count). The van der Waals surface area contributed by atoms with Gasteiger partial charge in [-0.1, -0.05) is 11.6 Å². The zero-order chi connectivity index (χ0) is 12.8. The van der Waals surface area contributed by atoms with E-state index >= 15 is 0 Å². The molecule has 0 amide bonds. The van der Waals surface area contributed by atoms with Crippen LogP contribution in [0.15, 0.2) is 24.0 Å². The molecule has 0 atom stereocenters. The normalized spacial score (nSPS) is 14.8. The highest BCUT2D eigenvalue weighted by atomic mass is 16.5. The van der Waals surface area contributed by atoms with E-state index in [0.29, 0.717) is 5.82 Å². The third-order valence-corrected chi connectivity index (χ3v) is 2.68. The number of aromatic nitrogens is 2. The molecule has 18 heavy (non-hydrogen) atoms. The molecule has 0 unspecified atom stereocenters. The molecule has 1 aromatic rings. The van der Waals surface area contributed by atoms with Gasteiger partial charge in [0.15, 0.2) is 5.69 Å². The molecule has 0 spiro atoms. The highest BCUT2D eigenvalue weighted by Gasteiger charge is 2.09. The number of nitrogens with zero attached hydrogens (tertiary/aromatic N) is 2. The maximum atomic E-state index is 11.3. The molecule has 1 aromatic heterocycles. The fourth-order valence-electron chi connectivity index (χ4n) is 1.69. The van der Waals surface area contributed by atoms with Gasteiger partial charge in [-0.15, -0.1) is 0 Å². The van der Waals surface area contributed by atoms with Crippen molar-refractivity contribution in [1.82, 2.24) is 15.3 Å². The Bertz CT molecular complexity index is 459. The van der Waals surface area contributed by atoms with Crippen molar-refractivity contribution in [3.63, 3.8) is 0 Å². The van der Waals surface area contributed by atoms with E-state index in [0.717, 1.165) is 26.1 Å². The average Bonchev–Trinajstić information content (AvgIpc) is 2.45. The molecule has 0 aliphatic carbocycles. The van der Waals surface area contributed by atoms with Gasteiger partial charge in [-0.05, 0) is 13.0 Å². The van der Waals surface area contributed by atoms with Gasteiger partial charge in [0.2, 0.25) is 0 Å². The largest absolute Gasteiger partial charge is 0.464 e. The lowest BCUT2D eigenvalue weighted by Gasteiger charge is -2.14. The molecule has 2 heterocycles. The molecule has 0 saturated carbocycles. The standard InChI is InChI=1S/C12H16N4O2/c1-18-12(17)10-7-14-8-11(16-10)15-6-9-2-4-13-5-3-9/h2,7-8,13H,3-6H2,1H3,(H,15,16). The van der Waals surface area contributed by atoms with Crippen LogP contribution in [0, 0.1) is 0 Å². The zero-order valence-electron chi connectivity index (χ0n) is 10.3. The smallest absolute Gasteiger partial charge is 0.358 e. The van der Waals surface area contributed by atoms with E-state index < -0.39 is 5.97 Å². The van der Waals surface area contributed by atoms with E-state index in [2.05, 4.69) is 31.4 Å². The lowest BCUT2D eigenvalue weighted by atomic mass is 10.1. The van der Waals surface area contributed by atoms with Gasteiger partial charge in [0.05, 0.1) is 19.5 Å². The molecule has 0 aromatic carbocycles. The zero-order valence-corrected chi connectivity index (χ0v) is 10.3. The molecule has 6 nitrogen and oxygen atoms in total. The topological polar surface area (TPSA) is 76.1 Å². The minimum Gasteiger partial charge on any atom is -0.464 e. The van der Waals surface area contributed by atoms with E-state index in [1.165, 1.54) is 18.9 Å². The minimum atomic E-state index is -0.479. The molecular formula is C12H16N4O2. The predicted octanol–water partition coefficient (Wildman–Crippen LogP) is 0.595. The third kappa shape index (κ3) is 3.27. The average molecular weight is 248 g/mol. The van der Waals surface area contributed by atoms with Crippen molar-refractivity contribution in [1.29, 1.82) is 0 Å². The molecule has 6 heteroatoms. The maximum absolute atomic E-state index is 11.3. The van der Waals surface area contributed by atoms with E-state index in [4.69, 9.17) is 0 Å². The van der Waals surface area contributed by atoms with Gasteiger partial charge in [0.1, 0.15) is 5.82 Å². The number of hydrogen-bond acceptors (Lipinski definition) is 6. The SMILES string of the molecule is COC(=O)c1cncc(NCC2=CCNCC2)n1. The summed E-state index contributed by atoms with van der Waals surface area (Å²) in [6.07, 6.45) is 6.17. The van der Waals surface area contributed by atoms with Crippen molar-refractivity contribution in [2.75, 3.05) is 32.1 Å². The molecule has 2 N–H and O–H groups in total. The molecule has 0 saturated heterocycles. The van der Waals surface area contributed by atoms with Crippen LogP contribution in [0.4, 0.5) is 5.82 Å². The Kier molecular flexibility index (Phi) is 4.25. The van der Waals surface area contributed by atoms with Gasteiger partial charge in [-0.2, -0.15) is 0 Å². The first kappa shape index (κ1) is 12.5. The van der Waals surface area contributed by atoms with Gasteiger partial charge in [0.25, 0.3) is 0 Å². The number of anilines is 1. The summed E-state index contributed by atoms with van der Waals surface area (Å²) in [5, 5.41) is 6.41.